The van der Waals surface area contributed by atoms with Crippen LogP contribution in [-0.2, 0) is 4.79 Å². The zero-order chi connectivity index (χ0) is 19.6. The van der Waals surface area contributed by atoms with E-state index in [1.54, 1.807) is 12.1 Å². The lowest BCUT2D eigenvalue weighted by Crippen LogP contribution is -2.26. The first-order chi connectivity index (χ1) is 13.8. The van der Waals surface area contributed by atoms with Gasteiger partial charge in [-0.3, -0.25) is 4.79 Å². The average Bonchev–Trinajstić information content (AvgIpc) is 2.75. The number of hydrazone groups is 1. The minimum atomic E-state index is -0.468. The molecule has 1 amide bonds. The van der Waals surface area contributed by atoms with Crippen LogP contribution in [-0.4, -0.2) is 18.7 Å². The van der Waals surface area contributed by atoms with Crippen LogP contribution in [0.2, 0.25) is 0 Å². The van der Waals surface area contributed by atoms with Crippen LogP contribution in [0.15, 0.2) is 90.0 Å². The van der Waals surface area contributed by atoms with Crippen molar-refractivity contribution in [1.82, 2.24) is 5.43 Å². The Morgan fingerprint density at radius 2 is 1.54 bits per heavy atom. The van der Waals surface area contributed by atoms with E-state index < -0.39 is 5.92 Å². The molecule has 1 N–H and O–H groups in total. The summed E-state index contributed by atoms with van der Waals surface area (Å²) in [5.74, 6) is -0.168. The van der Waals surface area contributed by atoms with E-state index in [4.69, 9.17) is 10.00 Å². The van der Waals surface area contributed by atoms with Crippen molar-refractivity contribution in [3.63, 3.8) is 0 Å². The zero-order valence-corrected chi connectivity index (χ0v) is 15.2. The van der Waals surface area contributed by atoms with Gasteiger partial charge in [0, 0.05) is 5.56 Å². The Morgan fingerprint density at radius 1 is 0.964 bits per heavy atom. The maximum Gasteiger partial charge on any atom is 0.252 e. The Balaban J connectivity index is 1.78. The monoisotopic (exact) mass is 369 g/mol. The van der Waals surface area contributed by atoms with Gasteiger partial charge in [0.2, 0.25) is 0 Å². The molecule has 0 heterocycles. The Kier molecular flexibility index (Phi) is 6.53. The fraction of sp³-hybridized carbons (Fsp3) is 0.0870. The predicted octanol–water partition coefficient (Wildman–Crippen LogP) is 3.87. The number of hydrogen-bond donors (Lipinski definition) is 1. The third-order valence-corrected chi connectivity index (χ3v) is 4.12. The second kappa shape index (κ2) is 9.70. The molecule has 0 saturated heterocycles. The number of ether oxygens (including phenoxy) is 1. The van der Waals surface area contributed by atoms with Gasteiger partial charge < -0.3 is 4.74 Å². The maximum atomic E-state index is 12.9. The molecular weight excluding hydrogens is 350 g/mol. The van der Waals surface area contributed by atoms with Gasteiger partial charge in [0.25, 0.3) is 5.91 Å². The average molecular weight is 369 g/mol. The summed E-state index contributed by atoms with van der Waals surface area (Å²) in [6.07, 6.45) is 1.51. The Morgan fingerprint density at radius 3 is 2.14 bits per heavy atom. The van der Waals surface area contributed by atoms with Crippen molar-refractivity contribution >= 4 is 12.1 Å². The quantitative estimate of drug-likeness (QED) is 0.507. The number of carbonyl (C=O) groups excluding carboxylic acids is 1. The van der Waals surface area contributed by atoms with E-state index in [2.05, 4.69) is 10.5 Å². The lowest BCUT2D eigenvalue weighted by atomic mass is 9.91. The Bertz CT molecular complexity index is 940. The molecule has 0 bridgehead atoms. The highest BCUT2D eigenvalue weighted by Crippen LogP contribution is 2.24. The molecular formula is C23H19N3O2. The lowest BCUT2D eigenvalue weighted by molar-refractivity contribution is -0.121. The minimum absolute atomic E-state index is 0.0543. The van der Waals surface area contributed by atoms with Crippen molar-refractivity contribution in [2.24, 2.45) is 5.10 Å². The summed E-state index contributed by atoms with van der Waals surface area (Å²) in [6, 6.07) is 28.3. The number of amides is 1. The lowest BCUT2D eigenvalue weighted by Gasteiger charge is -2.16. The van der Waals surface area contributed by atoms with Crippen molar-refractivity contribution in [1.29, 1.82) is 5.26 Å². The van der Waals surface area contributed by atoms with E-state index in [0.29, 0.717) is 11.3 Å². The summed E-state index contributed by atoms with van der Waals surface area (Å²) < 4.78 is 5.36. The number of nitriles is 1. The molecule has 138 valence electrons. The Labute approximate surface area is 163 Å². The molecule has 0 aliphatic carbocycles. The molecule has 0 fully saturated rings. The van der Waals surface area contributed by atoms with Crippen LogP contribution in [0.3, 0.4) is 0 Å². The van der Waals surface area contributed by atoms with Crippen LogP contribution >= 0.6 is 0 Å². The predicted molar refractivity (Wildman–Crippen MR) is 108 cm³/mol. The number of para-hydroxylation sites is 1. The minimum Gasteiger partial charge on any atom is -0.478 e. The largest absolute Gasteiger partial charge is 0.478 e. The number of benzene rings is 3. The first kappa shape index (κ1) is 18.9. The van der Waals surface area contributed by atoms with Gasteiger partial charge in [-0.05, 0) is 23.3 Å². The van der Waals surface area contributed by atoms with Crippen molar-refractivity contribution in [2.75, 3.05) is 6.61 Å². The summed E-state index contributed by atoms with van der Waals surface area (Å²) in [5.41, 5.74) is 5.07. The SMILES string of the molecule is N#CCOc1ccccc1/C=N\NC(=O)C(c1ccccc1)c1ccccc1. The second-order valence-corrected chi connectivity index (χ2v) is 5.97. The summed E-state index contributed by atoms with van der Waals surface area (Å²) in [7, 11) is 0. The number of hydrogen-bond acceptors (Lipinski definition) is 4. The molecule has 0 unspecified atom stereocenters. The summed E-state index contributed by atoms with van der Waals surface area (Å²) in [5, 5.41) is 12.8. The third-order valence-electron chi connectivity index (χ3n) is 4.12. The van der Waals surface area contributed by atoms with E-state index in [1.807, 2.05) is 78.9 Å². The molecule has 0 aromatic heterocycles. The Hall–Kier alpha value is -3.91. The van der Waals surface area contributed by atoms with Crippen LogP contribution in [0.5, 0.6) is 5.75 Å². The van der Waals surface area contributed by atoms with Crippen molar-refractivity contribution in [2.45, 2.75) is 5.92 Å². The molecule has 0 aliphatic heterocycles. The van der Waals surface area contributed by atoms with E-state index in [0.717, 1.165) is 11.1 Å². The molecule has 3 rings (SSSR count). The van der Waals surface area contributed by atoms with E-state index in [9.17, 15) is 4.79 Å². The fourth-order valence-electron chi connectivity index (χ4n) is 2.84. The molecule has 0 radical (unpaired) electrons. The van der Waals surface area contributed by atoms with E-state index in [-0.39, 0.29) is 12.5 Å². The fourth-order valence-corrected chi connectivity index (χ4v) is 2.84. The van der Waals surface area contributed by atoms with Gasteiger partial charge in [0.1, 0.15) is 11.8 Å². The molecule has 5 nitrogen and oxygen atoms in total. The normalized spacial score (nSPS) is 10.6. The number of nitrogens with one attached hydrogen (secondary N) is 1. The maximum absolute atomic E-state index is 12.9. The topological polar surface area (TPSA) is 74.5 Å². The summed E-state index contributed by atoms with van der Waals surface area (Å²) in [4.78, 5) is 12.9. The van der Waals surface area contributed by atoms with E-state index >= 15 is 0 Å². The summed E-state index contributed by atoms with van der Waals surface area (Å²) in [6.45, 7) is -0.0543. The smallest absolute Gasteiger partial charge is 0.252 e. The van der Waals surface area contributed by atoms with Gasteiger partial charge in [0.05, 0.1) is 12.1 Å². The van der Waals surface area contributed by atoms with Gasteiger partial charge in [-0.15, -0.1) is 0 Å². The van der Waals surface area contributed by atoms with Gasteiger partial charge in [0.15, 0.2) is 6.61 Å². The molecule has 0 atom stereocenters. The highest BCUT2D eigenvalue weighted by atomic mass is 16.5. The first-order valence-corrected chi connectivity index (χ1v) is 8.81. The van der Waals surface area contributed by atoms with Gasteiger partial charge in [-0.2, -0.15) is 10.4 Å². The number of nitrogens with zero attached hydrogens (tertiary/aromatic N) is 2. The molecule has 28 heavy (non-hydrogen) atoms. The molecule has 0 aliphatic rings. The zero-order valence-electron chi connectivity index (χ0n) is 15.2. The van der Waals surface area contributed by atoms with Crippen LogP contribution in [0.1, 0.15) is 22.6 Å². The molecule has 5 heteroatoms. The summed E-state index contributed by atoms with van der Waals surface area (Å²) >= 11 is 0. The highest BCUT2D eigenvalue weighted by molar-refractivity contribution is 5.89. The van der Waals surface area contributed by atoms with Crippen LogP contribution in [0.25, 0.3) is 0 Å². The van der Waals surface area contributed by atoms with Gasteiger partial charge >= 0.3 is 0 Å². The molecule has 0 spiro atoms. The van der Waals surface area contributed by atoms with Crippen LogP contribution in [0.4, 0.5) is 0 Å². The number of carbonyl (C=O) groups is 1. The van der Waals surface area contributed by atoms with Crippen LogP contribution < -0.4 is 10.2 Å². The molecule has 3 aromatic carbocycles. The van der Waals surface area contributed by atoms with Crippen LogP contribution in [0, 0.1) is 11.3 Å². The van der Waals surface area contributed by atoms with E-state index in [1.165, 1.54) is 6.21 Å². The van der Waals surface area contributed by atoms with Gasteiger partial charge in [-0.1, -0.05) is 72.8 Å². The van der Waals surface area contributed by atoms with Crippen molar-refractivity contribution in [3.05, 3.63) is 102 Å². The molecule has 0 saturated carbocycles. The van der Waals surface area contributed by atoms with Crippen molar-refractivity contribution < 1.29 is 9.53 Å². The number of rotatable bonds is 7. The van der Waals surface area contributed by atoms with Gasteiger partial charge in [-0.25, -0.2) is 5.43 Å². The third kappa shape index (κ3) is 4.83. The first-order valence-electron chi connectivity index (χ1n) is 8.81. The second-order valence-electron chi connectivity index (χ2n) is 5.97. The standard InChI is InChI=1S/C23H19N3O2/c24-15-16-28-21-14-8-7-13-20(21)17-25-26-23(27)22(18-9-3-1-4-10-18)19-11-5-2-6-12-19/h1-14,17,22H,16H2,(H,26,27)/b25-17-. The van der Waals surface area contributed by atoms with Crippen molar-refractivity contribution in [3.8, 4) is 11.8 Å². The highest BCUT2D eigenvalue weighted by Gasteiger charge is 2.22. The molecule has 3 aromatic rings.